The molecule has 1 aromatic carbocycles. The third kappa shape index (κ3) is 5.94. The Morgan fingerprint density at radius 3 is 2.77 bits per heavy atom. The Bertz CT molecular complexity index is 934. The van der Waals surface area contributed by atoms with Crippen molar-refractivity contribution in [3.8, 4) is 5.88 Å². The Labute approximate surface area is 176 Å². The van der Waals surface area contributed by atoms with Crippen LogP contribution >= 0.6 is 11.8 Å². The number of hydrogen-bond donors (Lipinski definition) is 1. The molecular weight excluding hydrogens is 417 g/mol. The number of rotatable bonds is 7. The minimum Gasteiger partial charge on any atom is -0.476 e. The van der Waals surface area contributed by atoms with Crippen molar-refractivity contribution in [3.63, 3.8) is 0 Å². The van der Waals surface area contributed by atoms with Crippen molar-refractivity contribution in [3.05, 3.63) is 53.5 Å². The Balaban J connectivity index is 1.64. The molecule has 2 aromatic rings. The molecule has 2 N–H and O–H groups in total. The number of carbonyl (C=O) groups is 1. The number of carbonyl (C=O) groups excluding carboxylic acids is 1. The van der Waals surface area contributed by atoms with Gasteiger partial charge in [0.1, 0.15) is 5.69 Å². The minimum absolute atomic E-state index is 0.0589. The predicted molar refractivity (Wildman–Crippen MR) is 109 cm³/mol. The van der Waals surface area contributed by atoms with Crippen molar-refractivity contribution in [1.82, 2.24) is 9.97 Å². The van der Waals surface area contributed by atoms with Gasteiger partial charge in [-0.15, -0.1) is 0 Å². The number of Topliss-reactive ketones (excluding diaryl/α,β-unsaturated/α-hetero) is 1. The standard InChI is InChI=1S/C20H21F3N4O2S/c1-19(6-8-30-18(24)27-19)14-4-2-3-13(9-14)10-16(28)15-11-26-17(12-25-15)29-7-5-20(21,22)23/h2-4,9,11-12H,5-8,10H2,1H3,(H2,24,27)/t19-/m0/s1. The average molecular weight is 438 g/mol. The van der Waals surface area contributed by atoms with E-state index in [0.717, 1.165) is 29.5 Å². The topological polar surface area (TPSA) is 90.5 Å². The summed E-state index contributed by atoms with van der Waals surface area (Å²) in [5, 5.41) is 0.554. The number of nitrogens with zero attached hydrogens (tertiary/aromatic N) is 3. The Morgan fingerprint density at radius 2 is 2.10 bits per heavy atom. The third-order valence-electron chi connectivity index (χ3n) is 4.66. The summed E-state index contributed by atoms with van der Waals surface area (Å²) in [6, 6.07) is 7.62. The van der Waals surface area contributed by atoms with Gasteiger partial charge in [-0.1, -0.05) is 36.0 Å². The van der Waals surface area contributed by atoms with Crippen LogP contribution in [-0.2, 0) is 12.0 Å². The van der Waals surface area contributed by atoms with Crippen LogP contribution in [0.25, 0.3) is 0 Å². The third-order valence-corrected chi connectivity index (χ3v) is 5.45. The molecule has 0 amide bonds. The minimum atomic E-state index is -4.30. The van der Waals surface area contributed by atoms with Crippen molar-refractivity contribution >= 4 is 22.7 Å². The first-order valence-corrected chi connectivity index (χ1v) is 10.3. The lowest BCUT2D eigenvalue weighted by atomic mass is 9.88. The summed E-state index contributed by atoms with van der Waals surface area (Å²) in [4.78, 5) is 25.0. The molecular formula is C20H21F3N4O2S. The monoisotopic (exact) mass is 438 g/mol. The Hall–Kier alpha value is -2.62. The van der Waals surface area contributed by atoms with Gasteiger partial charge in [0.15, 0.2) is 11.0 Å². The fourth-order valence-corrected chi connectivity index (χ4v) is 3.97. The number of alkyl halides is 3. The second kappa shape index (κ2) is 9.03. The maximum Gasteiger partial charge on any atom is 0.392 e. The van der Waals surface area contributed by atoms with Gasteiger partial charge in [-0.2, -0.15) is 13.2 Å². The number of amidine groups is 1. The quantitative estimate of drug-likeness (QED) is 0.660. The first-order chi connectivity index (χ1) is 14.1. The molecule has 1 aliphatic heterocycles. The number of ether oxygens (including phenoxy) is 1. The maximum absolute atomic E-state index is 12.5. The molecule has 0 saturated heterocycles. The van der Waals surface area contributed by atoms with Crippen LogP contribution in [0.5, 0.6) is 5.88 Å². The zero-order chi connectivity index (χ0) is 21.8. The molecule has 0 radical (unpaired) electrons. The van der Waals surface area contributed by atoms with E-state index in [9.17, 15) is 18.0 Å². The van der Waals surface area contributed by atoms with Gasteiger partial charge >= 0.3 is 6.18 Å². The largest absolute Gasteiger partial charge is 0.476 e. The van der Waals surface area contributed by atoms with Gasteiger partial charge in [-0.3, -0.25) is 9.79 Å². The number of thioether (sulfide) groups is 1. The molecule has 1 aromatic heterocycles. The van der Waals surface area contributed by atoms with Crippen molar-refractivity contribution in [2.24, 2.45) is 10.7 Å². The number of aliphatic imine (C=N–C) groups is 1. The van der Waals surface area contributed by atoms with Gasteiger partial charge in [-0.05, 0) is 24.5 Å². The molecule has 0 aliphatic carbocycles. The van der Waals surface area contributed by atoms with Gasteiger partial charge in [0.05, 0.1) is 31.0 Å². The van der Waals surface area contributed by atoms with E-state index in [4.69, 9.17) is 10.5 Å². The van der Waals surface area contributed by atoms with E-state index < -0.39 is 24.7 Å². The van der Waals surface area contributed by atoms with E-state index in [1.54, 1.807) is 0 Å². The first-order valence-electron chi connectivity index (χ1n) is 9.27. The van der Waals surface area contributed by atoms with E-state index in [1.807, 2.05) is 31.2 Å². The van der Waals surface area contributed by atoms with E-state index in [1.165, 1.54) is 18.0 Å². The molecule has 2 heterocycles. The van der Waals surface area contributed by atoms with Gasteiger partial charge < -0.3 is 10.5 Å². The van der Waals surface area contributed by atoms with Crippen molar-refractivity contribution in [2.75, 3.05) is 12.4 Å². The molecule has 0 spiro atoms. The molecule has 0 saturated carbocycles. The molecule has 10 heteroatoms. The van der Waals surface area contributed by atoms with Crippen molar-refractivity contribution in [2.45, 2.75) is 37.9 Å². The zero-order valence-corrected chi connectivity index (χ0v) is 17.1. The van der Waals surface area contributed by atoms with Crippen LogP contribution in [-0.4, -0.2) is 39.5 Å². The number of hydrogen-bond acceptors (Lipinski definition) is 7. The number of aromatic nitrogens is 2. The summed E-state index contributed by atoms with van der Waals surface area (Å²) in [6.45, 7) is 1.46. The predicted octanol–water partition coefficient (Wildman–Crippen LogP) is 3.90. The number of ketones is 1. The highest BCUT2D eigenvalue weighted by Gasteiger charge is 2.29. The molecule has 30 heavy (non-hydrogen) atoms. The number of nitrogens with two attached hydrogens (primary N) is 1. The lowest BCUT2D eigenvalue weighted by molar-refractivity contribution is -0.139. The highest BCUT2D eigenvalue weighted by molar-refractivity contribution is 8.13. The second-order valence-corrected chi connectivity index (χ2v) is 8.19. The lowest BCUT2D eigenvalue weighted by Crippen LogP contribution is -2.28. The van der Waals surface area contributed by atoms with Crippen LogP contribution in [0.1, 0.15) is 41.4 Å². The van der Waals surface area contributed by atoms with Crippen molar-refractivity contribution < 1.29 is 22.7 Å². The number of halogens is 3. The van der Waals surface area contributed by atoms with E-state index in [-0.39, 0.29) is 23.8 Å². The van der Waals surface area contributed by atoms with Gasteiger partial charge in [0.25, 0.3) is 0 Å². The molecule has 1 atom stereocenters. The van der Waals surface area contributed by atoms with E-state index in [0.29, 0.717) is 5.17 Å². The molecule has 0 bridgehead atoms. The molecule has 0 unspecified atom stereocenters. The fourth-order valence-electron chi connectivity index (χ4n) is 2.99. The number of benzene rings is 1. The average Bonchev–Trinajstić information content (AvgIpc) is 2.67. The molecule has 1 aliphatic rings. The molecule has 6 nitrogen and oxygen atoms in total. The first kappa shape index (κ1) is 22.1. The zero-order valence-electron chi connectivity index (χ0n) is 16.3. The summed E-state index contributed by atoms with van der Waals surface area (Å²) in [5.41, 5.74) is 7.36. The van der Waals surface area contributed by atoms with Gasteiger partial charge in [0, 0.05) is 12.2 Å². The maximum atomic E-state index is 12.5. The molecule has 3 rings (SSSR count). The highest BCUT2D eigenvalue weighted by atomic mass is 32.2. The molecule has 0 fully saturated rings. The van der Waals surface area contributed by atoms with Crippen molar-refractivity contribution in [1.29, 1.82) is 0 Å². The van der Waals surface area contributed by atoms with E-state index in [2.05, 4.69) is 15.0 Å². The Morgan fingerprint density at radius 1 is 1.30 bits per heavy atom. The van der Waals surface area contributed by atoms with Gasteiger partial charge in [0.2, 0.25) is 5.88 Å². The molecule has 160 valence electrons. The van der Waals surface area contributed by atoms with Crippen LogP contribution in [0.4, 0.5) is 13.2 Å². The summed E-state index contributed by atoms with van der Waals surface area (Å²) in [7, 11) is 0. The summed E-state index contributed by atoms with van der Waals surface area (Å²) in [5.74, 6) is 0.562. The lowest BCUT2D eigenvalue weighted by Gasteiger charge is -2.30. The van der Waals surface area contributed by atoms with Crippen LogP contribution in [0.2, 0.25) is 0 Å². The van der Waals surface area contributed by atoms with Crippen LogP contribution in [0.3, 0.4) is 0 Å². The van der Waals surface area contributed by atoms with Crippen LogP contribution in [0, 0.1) is 0 Å². The fraction of sp³-hybridized carbons (Fsp3) is 0.400. The van der Waals surface area contributed by atoms with Crippen LogP contribution in [0.15, 0.2) is 41.7 Å². The Kier molecular flexibility index (Phi) is 6.64. The second-order valence-electron chi connectivity index (χ2n) is 7.08. The highest BCUT2D eigenvalue weighted by Crippen LogP contribution is 2.35. The summed E-state index contributed by atoms with van der Waals surface area (Å²) < 4.78 is 41.4. The van der Waals surface area contributed by atoms with Crippen LogP contribution < -0.4 is 10.5 Å². The summed E-state index contributed by atoms with van der Waals surface area (Å²) >= 11 is 1.53. The smallest absolute Gasteiger partial charge is 0.392 e. The normalized spacial score (nSPS) is 19.3. The summed E-state index contributed by atoms with van der Waals surface area (Å²) in [6.07, 6.45) is -2.07. The SMILES string of the molecule is C[C@@]1(c2cccc(CC(=O)c3cnc(OCCC(F)(F)F)cn3)c2)CCSC(N)=N1. The van der Waals surface area contributed by atoms with E-state index >= 15 is 0 Å². The van der Waals surface area contributed by atoms with Gasteiger partial charge in [-0.25, -0.2) is 9.97 Å².